The Labute approximate surface area is 181 Å². The average Bonchev–Trinajstić information content (AvgIpc) is 3.17. The summed E-state index contributed by atoms with van der Waals surface area (Å²) in [5.41, 5.74) is 3.10. The molecule has 1 amide bonds. The smallest absolute Gasteiger partial charge is 0.273 e. The zero-order valence-corrected chi connectivity index (χ0v) is 17.9. The fourth-order valence-corrected chi connectivity index (χ4v) is 3.42. The monoisotopic (exact) mass is 415 g/mol. The van der Waals surface area contributed by atoms with Crippen molar-refractivity contribution in [3.63, 3.8) is 0 Å². The highest BCUT2D eigenvalue weighted by molar-refractivity contribution is 5.94. The number of nitrogens with zero attached hydrogens (tertiary/aromatic N) is 4. The number of carbonyl (C=O) groups excluding carboxylic acids is 1. The summed E-state index contributed by atoms with van der Waals surface area (Å²) < 4.78 is 7.40. The second-order valence-corrected chi connectivity index (χ2v) is 7.64. The Morgan fingerprint density at radius 2 is 1.94 bits per heavy atom. The quantitative estimate of drug-likeness (QED) is 0.461. The van der Waals surface area contributed by atoms with Crippen LogP contribution in [-0.2, 0) is 0 Å². The summed E-state index contributed by atoms with van der Waals surface area (Å²) in [6, 6.07) is 15.8. The van der Waals surface area contributed by atoms with Gasteiger partial charge in [-0.3, -0.25) is 9.78 Å². The molecule has 0 aliphatic carbocycles. The van der Waals surface area contributed by atoms with Crippen LogP contribution in [0.15, 0.2) is 60.9 Å². The second kappa shape index (κ2) is 8.95. The molecule has 7 nitrogen and oxygen atoms in total. The van der Waals surface area contributed by atoms with Crippen molar-refractivity contribution in [1.82, 2.24) is 25.3 Å². The molecule has 0 unspecified atom stereocenters. The molecule has 0 fully saturated rings. The first-order valence-corrected chi connectivity index (χ1v) is 10.3. The lowest BCUT2D eigenvalue weighted by Gasteiger charge is -2.10. The highest BCUT2D eigenvalue weighted by Crippen LogP contribution is 2.22. The van der Waals surface area contributed by atoms with Crippen LogP contribution in [0.25, 0.3) is 16.5 Å². The summed E-state index contributed by atoms with van der Waals surface area (Å²) in [6.45, 7) is 6.89. The van der Waals surface area contributed by atoms with Crippen molar-refractivity contribution in [1.29, 1.82) is 0 Å². The van der Waals surface area contributed by atoms with Gasteiger partial charge in [-0.15, -0.1) is 5.10 Å². The Kier molecular flexibility index (Phi) is 5.93. The number of hydrogen-bond acceptors (Lipinski definition) is 5. The third kappa shape index (κ3) is 4.40. The predicted molar refractivity (Wildman–Crippen MR) is 120 cm³/mol. The number of amides is 1. The lowest BCUT2D eigenvalue weighted by molar-refractivity contribution is 0.0941. The number of rotatable bonds is 7. The van der Waals surface area contributed by atoms with Crippen LogP contribution < -0.4 is 10.1 Å². The minimum Gasteiger partial charge on any atom is -0.492 e. The first kappa shape index (κ1) is 20.5. The number of hydrogen-bond donors (Lipinski definition) is 1. The molecular formula is C24H25N5O2. The molecule has 0 radical (unpaired) electrons. The fourth-order valence-electron chi connectivity index (χ4n) is 3.42. The Morgan fingerprint density at radius 1 is 1.13 bits per heavy atom. The lowest BCUT2D eigenvalue weighted by Crippen LogP contribution is -2.29. The molecular weight excluding hydrogens is 390 g/mol. The normalized spacial score (nSPS) is 11.1. The summed E-state index contributed by atoms with van der Waals surface area (Å²) in [6.07, 6.45) is 3.54. The third-order valence-corrected chi connectivity index (χ3v) is 5.20. The van der Waals surface area contributed by atoms with Gasteiger partial charge < -0.3 is 10.1 Å². The molecule has 7 heteroatoms. The van der Waals surface area contributed by atoms with Crippen LogP contribution in [0, 0.1) is 6.92 Å². The van der Waals surface area contributed by atoms with E-state index in [2.05, 4.69) is 46.6 Å². The number of fused-ring (bicyclic) bond motifs is 1. The zero-order valence-electron chi connectivity index (χ0n) is 17.9. The van der Waals surface area contributed by atoms with Gasteiger partial charge in [0.15, 0.2) is 5.69 Å². The van der Waals surface area contributed by atoms with Crippen molar-refractivity contribution < 1.29 is 9.53 Å². The molecule has 31 heavy (non-hydrogen) atoms. The van der Waals surface area contributed by atoms with Gasteiger partial charge in [0, 0.05) is 23.2 Å². The standard InChI is InChI=1S/C24H25N5O2/c1-16(2)18-7-9-20(10-8-18)31-14-13-26-24(30)23-17(3)29(28-27-23)22-6-4-5-19-15-25-12-11-21(19)22/h4-12,15-16H,13-14H2,1-3H3,(H,26,30). The molecule has 2 aromatic carbocycles. The minimum atomic E-state index is -0.274. The molecule has 4 aromatic rings. The molecule has 0 saturated carbocycles. The van der Waals surface area contributed by atoms with E-state index >= 15 is 0 Å². The topological polar surface area (TPSA) is 81.9 Å². The van der Waals surface area contributed by atoms with Crippen molar-refractivity contribution in [3.05, 3.63) is 77.9 Å². The summed E-state index contributed by atoms with van der Waals surface area (Å²) in [4.78, 5) is 16.8. The maximum atomic E-state index is 12.6. The maximum Gasteiger partial charge on any atom is 0.273 e. The third-order valence-electron chi connectivity index (χ3n) is 5.20. The van der Waals surface area contributed by atoms with Crippen LogP contribution >= 0.6 is 0 Å². The molecule has 0 aliphatic rings. The molecule has 2 heterocycles. The van der Waals surface area contributed by atoms with E-state index < -0.39 is 0 Å². The molecule has 4 rings (SSSR count). The molecule has 0 aliphatic heterocycles. The molecule has 1 N–H and O–H groups in total. The average molecular weight is 415 g/mol. The number of benzene rings is 2. The van der Waals surface area contributed by atoms with Crippen LogP contribution in [0.4, 0.5) is 0 Å². The van der Waals surface area contributed by atoms with E-state index in [1.165, 1.54) is 5.56 Å². The Bertz CT molecular complexity index is 1190. The minimum absolute atomic E-state index is 0.274. The van der Waals surface area contributed by atoms with Crippen molar-refractivity contribution in [2.24, 2.45) is 0 Å². The Morgan fingerprint density at radius 3 is 2.71 bits per heavy atom. The first-order valence-electron chi connectivity index (χ1n) is 10.3. The van der Waals surface area contributed by atoms with E-state index in [-0.39, 0.29) is 5.91 Å². The van der Waals surface area contributed by atoms with Crippen LogP contribution in [0.1, 0.15) is 41.5 Å². The van der Waals surface area contributed by atoms with E-state index in [1.807, 2.05) is 43.3 Å². The number of pyridine rings is 1. The van der Waals surface area contributed by atoms with Crippen LogP contribution in [0.2, 0.25) is 0 Å². The largest absolute Gasteiger partial charge is 0.492 e. The van der Waals surface area contributed by atoms with Crippen molar-refractivity contribution >= 4 is 16.7 Å². The van der Waals surface area contributed by atoms with Crippen LogP contribution in [0.3, 0.4) is 0 Å². The number of nitrogens with one attached hydrogen (secondary N) is 1. The van der Waals surface area contributed by atoms with Crippen molar-refractivity contribution in [3.8, 4) is 11.4 Å². The number of aromatic nitrogens is 4. The van der Waals surface area contributed by atoms with E-state index in [0.717, 1.165) is 22.2 Å². The summed E-state index contributed by atoms with van der Waals surface area (Å²) in [7, 11) is 0. The van der Waals surface area contributed by atoms with Gasteiger partial charge in [-0.05, 0) is 42.7 Å². The van der Waals surface area contributed by atoms with Crippen molar-refractivity contribution in [2.45, 2.75) is 26.7 Å². The van der Waals surface area contributed by atoms with Gasteiger partial charge in [0.25, 0.3) is 5.91 Å². The summed E-state index contributed by atoms with van der Waals surface area (Å²) in [5.74, 6) is 0.992. The fraction of sp³-hybridized carbons (Fsp3) is 0.250. The van der Waals surface area contributed by atoms with Gasteiger partial charge in [0.05, 0.1) is 17.9 Å². The molecule has 0 bridgehead atoms. The van der Waals surface area contributed by atoms with Gasteiger partial charge >= 0.3 is 0 Å². The van der Waals surface area contributed by atoms with Gasteiger partial charge in [-0.2, -0.15) is 0 Å². The molecule has 0 spiro atoms. The SMILES string of the molecule is Cc1c(C(=O)NCCOc2ccc(C(C)C)cc2)nnn1-c1cccc2cnccc12. The second-order valence-electron chi connectivity index (χ2n) is 7.64. The lowest BCUT2D eigenvalue weighted by atomic mass is 10.0. The van der Waals surface area contributed by atoms with Gasteiger partial charge in [0.1, 0.15) is 12.4 Å². The van der Waals surface area contributed by atoms with Gasteiger partial charge in [-0.1, -0.05) is 43.3 Å². The zero-order chi connectivity index (χ0) is 21.8. The molecule has 0 atom stereocenters. The number of carbonyl (C=O) groups is 1. The maximum absolute atomic E-state index is 12.6. The van der Waals surface area contributed by atoms with E-state index in [1.54, 1.807) is 17.1 Å². The molecule has 2 aromatic heterocycles. The van der Waals surface area contributed by atoms with E-state index in [0.29, 0.717) is 30.5 Å². The van der Waals surface area contributed by atoms with Crippen molar-refractivity contribution in [2.75, 3.05) is 13.2 Å². The van der Waals surface area contributed by atoms with Gasteiger partial charge in [-0.25, -0.2) is 4.68 Å². The Balaban J connectivity index is 1.39. The summed E-state index contributed by atoms with van der Waals surface area (Å²) in [5, 5.41) is 13.2. The Hall–Kier alpha value is -3.74. The summed E-state index contributed by atoms with van der Waals surface area (Å²) >= 11 is 0. The van der Waals surface area contributed by atoms with Crippen LogP contribution in [-0.4, -0.2) is 39.0 Å². The molecule has 0 saturated heterocycles. The van der Waals surface area contributed by atoms with E-state index in [4.69, 9.17) is 4.74 Å². The predicted octanol–water partition coefficient (Wildman–Crippen LogP) is 4.06. The molecule has 158 valence electrons. The number of ether oxygens (including phenoxy) is 1. The first-order chi connectivity index (χ1) is 15.0. The van der Waals surface area contributed by atoms with E-state index in [9.17, 15) is 4.79 Å². The highest BCUT2D eigenvalue weighted by atomic mass is 16.5. The van der Waals surface area contributed by atoms with Crippen LogP contribution in [0.5, 0.6) is 5.75 Å². The van der Waals surface area contributed by atoms with Gasteiger partial charge in [0.2, 0.25) is 0 Å². The highest BCUT2D eigenvalue weighted by Gasteiger charge is 2.18.